The molecule has 0 bridgehead atoms. The van der Waals surface area contributed by atoms with Gasteiger partial charge < -0.3 is 25.1 Å². The third kappa shape index (κ3) is 8.70. The van der Waals surface area contributed by atoms with Crippen LogP contribution in [0.5, 0.6) is 0 Å². The number of carbonyl (C=O) groups excluding carboxylic acids is 3. The Kier molecular flexibility index (Phi) is 10.2. The van der Waals surface area contributed by atoms with E-state index in [2.05, 4.69) is 11.2 Å². The average Bonchev–Trinajstić information content (AvgIpc) is 2.51. The van der Waals surface area contributed by atoms with Crippen LogP contribution in [-0.2, 0) is 23.9 Å². The maximum absolute atomic E-state index is 12.0. The molecule has 1 amide bonds. The Morgan fingerprint density at radius 2 is 2.04 bits per heavy atom. The number of esters is 1. The zero-order chi connectivity index (χ0) is 17.8. The van der Waals surface area contributed by atoms with Crippen LogP contribution in [0.15, 0.2) is 0 Å². The van der Waals surface area contributed by atoms with Crippen molar-refractivity contribution in [3.63, 3.8) is 0 Å². The topological polar surface area (TPSA) is 109 Å². The van der Waals surface area contributed by atoms with Crippen LogP contribution in [-0.4, -0.2) is 75.3 Å². The lowest BCUT2D eigenvalue weighted by Gasteiger charge is -2.19. The van der Waals surface area contributed by atoms with Crippen molar-refractivity contribution in [2.24, 2.45) is 0 Å². The van der Waals surface area contributed by atoms with Crippen LogP contribution in [0.3, 0.4) is 0 Å². The van der Waals surface area contributed by atoms with Crippen molar-refractivity contribution < 1.29 is 23.9 Å². The molecule has 2 N–H and O–H groups in total. The van der Waals surface area contributed by atoms with Crippen LogP contribution in [0, 0.1) is 17.8 Å². The molecule has 0 rings (SSSR count). The quantitative estimate of drug-likeness (QED) is 0.293. The molecular weight excluding hydrogens is 302 g/mol. The minimum Gasteiger partial charge on any atom is -0.463 e. The van der Waals surface area contributed by atoms with Gasteiger partial charge in [-0.25, -0.2) is 4.79 Å². The number of hydrogen-bond acceptors (Lipinski definition) is 7. The maximum atomic E-state index is 12.0. The Morgan fingerprint density at radius 3 is 2.52 bits per heavy atom. The molecule has 0 unspecified atom stereocenters. The maximum Gasteiger partial charge on any atom is 0.328 e. The molecule has 8 heteroatoms. The van der Waals surface area contributed by atoms with Crippen molar-refractivity contribution in [2.45, 2.75) is 25.0 Å². The first-order chi connectivity index (χ1) is 10.8. The summed E-state index contributed by atoms with van der Waals surface area (Å²) in [5.74, 6) is 0.358. The fourth-order valence-electron chi connectivity index (χ4n) is 1.54. The molecular formula is C15H23N3O5. The van der Waals surface area contributed by atoms with Gasteiger partial charge in [0.15, 0.2) is 11.9 Å². The van der Waals surface area contributed by atoms with Crippen molar-refractivity contribution in [1.29, 1.82) is 5.41 Å². The van der Waals surface area contributed by atoms with Gasteiger partial charge in [0.2, 0.25) is 0 Å². The minimum atomic E-state index is -1.13. The standard InChI is InChI=1S/C15H23N3O5/c1-5-13(22-4)14(20)17-12(7-6-11(19)10-16)15(21)23-9-8-18(2)3/h1,10,12-13,16H,6-9H2,2-4H3,(H,17,20)/t12-,13-/m0/s1. The van der Waals surface area contributed by atoms with Crippen molar-refractivity contribution in [1.82, 2.24) is 10.2 Å². The Balaban J connectivity index is 4.76. The summed E-state index contributed by atoms with van der Waals surface area (Å²) in [4.78, 5) is 37.0. The summed E-state index contributed by atoms with van der Waals surface area (Å²) >= 11 is 0. The molecule has 8 nitrogen and oxygen atoms in total. The predicted molar refractivity (Wildman–Crippen MR) is 84.1 cm³/mol. The molecule has 0 aliphatic heterocycles. The highest BCUT2D eigenvalue weighted by atomic mass is 16.5. The number of likely N-dealkylation sites (N-methyl/N-ethyl adjacent to an activating group) is 1. The number of rotatable bonds is 11. The molecule has 23 heavy (non-hydrogen) atoms. The summed E-state index contributed by atoms with van der Waals surface area (Å²) in [6, 6.07) is -1.03. The zero-order valence-electron chi connectivity index (χ0n) is 13.6. The summed E-state index contributed by atoms with van der Waals surface area (Å²) in [7, 11) is 4.92. The van der Waals surface area contributed by atoms with E-state index in [4.69, 9.17) is 21.3 Å². The van der Waals surface area contributed by atoms with E-state index in [1.165, 1.54) is 7.11 Å². The van der Waals surface area contributed by atoms with Crippen LogP contribution in [0.25, 0.3) is 0 Å². The van der Waals surface area contributed by atoms with Gasteiger partial charge in [-0.3, -0.25) is 9.59 Å². The largest absolute Gasteiger partial charge is 0.463 e. The molecule has 2 atom stereocenters. The summed E-state index contributed by atoms with van der Waals surface area (Å²) < 4.78 is 9.86. The number of amides is 1. The van der Waals surface area contributed by atoms with Gasteiger partial charge >= 0.3 is 5.97 Å². The van der Waals surface area contributed by atoms with Crippen LogP contribution in [0.4, 0.5) is 0 Å². The number of nitrogens with zero attached hydrogens (tertiary/aromatic N) is 1. The lowest BCUT2D eigenvalue weighted by atomic mass is 10.1. The second kappa shape index (κ2) is 11.3. The molecule has 0 saturated carbocycles. The van der Waals surface area contributed by atoms with Gasteiger partial charge in [0.05, 0.1) is 6.21 Å². The van der Waals surface area contributed by atoms with E-state index in [-0.39, 0.29) is 19.4 Å². The predicted octanol–water partition coefficient (Wildman–Crippen LogP) is -0.777. The van der Waals surface area contributed by atoms with Gasteiger partial charge in [-0.05, 0) is 20.5 Å². The van der Waals surface area contributed by atoms with E-state index in [0.717, 1.165) is 0 Å². The first-order valence-corrected chi connectivity index (χ1v) is 6.99. The SMILES string of the molecule is C#C[C@H](OC)C(=O)N[C@@H](CCC(=O)C=N)C(=O)OCCN(C)C. The van der Waals surface area contributed by atoms with Crippen LogP contribution < -0.4 is 5.32 Å². The van der Waals surface area contributed by atoms with Crippen LogP contribution in [0.2, 0.25) is 0 Å². The Bertz CT molecular complexity index is 470. The van der Waals surface area contributed by atoms with E-state index >= 15 is 0 Å². The normalized spacial score (nSPS) is 12.8. The lowest BCUT2D eigenvalue weighted by Crippen LogP contribution is -2.46. The van der Waals surface area contributed by atoms with Crippen molar-refractivity contribution in [3.05, 3.63) is 0 Å². The molecule has 0 aromatic carbocycles. The Labute approximate surface area is 136 Å². The molecule has 0 aliphatic carbocycles. The third-order valence-electron chi connectivity index (χ3n) is 2.85. The van der Waals surface area contributed by atoms with Crippen molar-refractivity contribution in [3.8, 4) is 12.3 Å². The van der Waals surface area contributed by atoms with Crippen LogP contribution in [0.1, 0.15) is 12.8 Å². The number of Topliss-reactive ketones (excluding diaryl/α,β-unsaturated/α-hetero) is 1. The van der Waals surface area contributed by atoms with Gasteiger partial charge in [-0.15, -0.1) is 6.42 Å². The third-order valence-corrected chi connectivity index (χ3v) is 2.85. The Hall–Kier alpha value is -2.24. The summed E-state index contributed by atoms with van der Waals surface area (Å²) in [6.07, 6.45) is 4.63. The van der Waals surface area contributed by atoms with Crippen molar-refractivity contribution in [2.75, 3.05) is 34.4 Å². The smallest absolute Gasteiger partial charge is 0.328 e. The first-order valence-electron chi connectivity index (χ1n) is 6.99. The fourth-order valence-corrected chi connectivity index (χ4v) is 1.54. The molecule has 0 fully saturated rings. The number of terminal acetylenes is 1. The molecule has 0 aliphatic rings. The molecule has 0 saturated heterocycles. The monoisotopic (exact) mass is 325 g/mol. The zero-order valence-corrected chi connectivity index (χ0v) is 13.6. The number of nitrogens with one attached hydrogen (secondary N) is 2. The second-order valence-corrected chi connectivity index (χ2v) is 4.96. The molecule has 0 aromatic rings. The molecule has 128 valence electrons. The van der Waals surface area contributed by atoms with Crippen LogP contribution >= 0.6 is 0 Å². The number of ketones is 1. The minimum absolute atomic E-state index is 0.0156. The Morgan fingerprint density at radius 1 is 1.39 bits per heavy atom. The molecule has 0 heterocycles. The van der Waals surface area contributed by atoms with Gasteiger partial charge in [0.25, 0.3) is 5.91 Å². The van der Waals surface area contributed by atoms with Gasteiger partial charge in [-0.1, -0.05) is 5.92 Å². The van der Waals surface area contributed by atoms with Gasteiger partial charge in [-0.2, -0.15) is 0 Å². The molecule has 0 spiro atoms. The second-order valence-electron chi connectivity index (χ2n) is 4.96. The molecule has 0 aromatic heterocycles. The fraction of sp³-hybridized carbons (Fsp3) is 0.600. The van der Waals surface area contributed by atoms with Crippen molar-refractivity contribution >= 4 is 23.9 Å². The van der Waals surface area contributed by atoms with E-state index < -0.39 is 29.8 Å². The lowest BCUT2D eigenvalue weighted by molar-refractivity contribution is -0.149. The van der Waals surface area contributed by atoms with Gasteiger partial charge in [0.1, 0.15) is 12.6 Å². The number of ether oxygens (including phenoxy) is 2. The highest BCUT2D eigenvalue weighted by Gasteiger charge is 2.26. The summed E-state index contributed by atoms with van der Waals surface area (Å²) in [5, 5.41) is 9.27. The highest BCUT2D eigenvalue weighted by molar-refractivity contribution is 6.26. The number of carbonyl (C=O) groups is 3. The highest BCUT2D eigenvalue weighted by Crippen LogP contribution is 2.03. The molecule has 0 radical (unpaired) electrons. The summed E-state index contributed by atoms with van der Waals surface area (Å²) in [5.41, 5.74) is 0. The number of hydrogen-bond donors (Lipinski definition) is 2. The average molecular weight is 325 g/mol. The van der Waals surface area contributed by atoms with E-state index in [1.54, 1.807) is 0 Å². The van der Waals surface area contributed by atoms with E-state index in [0.29, 0.717) is 12.8 Å². The summed E-state index contributed by atoms with van der Waals surface area (Å²) in [6.45, 7) is 0.677. The van der Waals surface area contributed by atoms with Gasteiger partial charge in [0, 0.05) is 20.1 Å². The van der Waals surface area contributed by atoms with E-state index in [9.17, 15) is 14.4 Å². The van der Waals surface area contributed by atoms with E-state index in [1.807, 2.05) is 19.0 Å². The first kappa shape index (κ1) is 20.8. The number of methoxy groups -OCH3 is 1.